The Morgan fingerprint density at radius 1 is 1.18 bits per heavy atom. The molecule has 0 fully saturated rings. The fourth-order valence-corrected chi connectivity index (χ4v) is 0.192. The first-order valence-corrected chi connectivity index (χ1v) is 4.09. The number of hydrogen-bond donors (Lipinski definition) is 1. The van der Waals surface area contributed by atoms with Gasteiger partial charge in [-0.3, -0.25) is 0 Å². The Hall–Kier alpha value is -0.370. The van der Waals surface area contributed by atoms with Crippen molar-refractivity contribution in [2.75, 3.05) is 6.61 Å². The molecule has 0 unspecified atom stereocenters. The molecule has 0 saturated heterocycles. The second kappa shape index (κ2) is 9.63. The molecule has 0 aliphatic heterocycles. The van der Waals surface area contributed by atoms with E-state index in [2.05, 4.69) is 0 Å². The van der Waals surface area contributed by atoms with Gasteiger partial charge in [0.1, 0.15) is 6.29 Å². The molecule has 0 saturated carbocycles. The lowest BCUT2D eigenvalue weighted by Gasteiger charge is -1.90. The van der Waals surface area contributed by atoms with Crippen LogP contribution in [-0.4, -0.2) is 18.0 Å². The van der Waals surface area contributed by atoms with Crippen molar-refractivity contribution in [3.63, 3.8) is 0 Å². The van der Waals surface area contributed by atoms with E-state index in [1.807, 2.05) is 27.7 Å². The monoisotopic (exact) mass is 160 g/mol. The first kappa shape index (κ1) is 13.2. The van der Waals surface area contributed by atoms with Gasteiger partial charge in [0, 0.05) is 13.0 Å². The fraction of sp³-hybridized carbons (Fsp3) is 0.889. The lowest BCUT2D eigenvalue weighted by molar-refractivity contribution is -0.108. The van der Waals surface area contributed by atoms with Crippen LogP contribution in [0.1, 0.15) is 34.1 Å². The largest absolute Gasteiger partial charge is 0.396 e. The predicted molar refractivity (Wildman–Crippen MR) is 47.4 cm³/mol. The van der Waals surface area contributed by atoms with E-state index in [-0.39, 0.29) is 0 Å². The van der Waals surface area contributed by atoms with E-state index in [1.165, 1.54) is 0 Å². The van der Waals surface area contributed by atoms with Crippen molar-refractivity contribution in [3.8, 4) is 0 Å². The molecule has 0 atom stereocenters. The molecular formula is C9H20O2. The quantitative estimate of drug-likeness (QED) is 0.640. The van der Waals surface area contributed by atoms with Crippen LogP contribution in [-0.2, 0) is 4.79 Å². The number of carbonyl (C=O) groups is 1. The van der Waals surface area contributed by atoms with Gasteiger partial charge in [0.05, 0.1) is 0 Å². The number of rotatable bonds is 3. The highest BCUT2D eigenvalue weighted by atomic mass is 16.3. The molecule has 0 rings (SSSR count). The first-order chi connectivity index (χ1) is 5.04. The molecule has 0 aromatic heterocycles. The van der Waals surface area contributed by atoms with Crippen molar-refractivity contribution < 1.29 is 9.90 Å². The third-order valence-electron chi connectivity index (χ3n) is 0.933. The van der Waals surface area contributed by atoms with E-state index >= 15 is 0 Å². The highest BCUT2D eigenvalue weighted by Crippen LogP contribution is 1.92. The van der Waals surface area contributed by atoms with Gasteiger partial charge in [-0.2, -0.15) is 0 Å². The van der Waals surface area contributed by atoms with E-state index < -0.39 is 0 Å². The molecule has 1 N–H and O–H groups in total. The van der Waals surface area contributed by atoms with Crippen molar-refractivity contribution >= 4 is 6.29 Å². The van der Waals surface area contributed by atoms with Gasteiger partial charge in [-0.1, -0.05) is 27.7 Å². The zero-order valence-electron chi connectivity index (χ0n) is 8.00. The number of aliphatic hydroxyl groups is 1. The van der Waals surface area contributed by atoms with Crippen LogP contribution in [0.3, 0.4) is 0 Å². The van der Waals surface area contributed by atoms with Crippen LogP contribution in [0.4, 0.5) is 0 Å². The fourth-order valence-electron chi connectivity index (χ4n) is 0.192. The minimum absolute atomic E-state index is 0.306. The molecule has 68 valence electrons. The van der Waals surface area contributed by atoms with Gasteiger partial charge in [0.25, 0.3) is 0 Å². The van der Waals surface area contributed by atoms with Gasteiger partial charge in [0.15, 0.2) is 0 Å². The minimum atomic E-state index is 0.306. The zero-order chi connectivity index (χ0) is 9.28. The molecule has 0 bridgehead atoms. The standard InChI is InChI=1S/C5H10O.C4H10O/c1-5(2)3-4-6;1-4(2)3-5/h4-5H,3H2,1-2H3;4-5H,3H2,1-2H3. The average molecular weight is 160 g/mol. The van der Waals surface area contributed by atoms with Gasteiger partial charge in [-0.25, -0.2) is 0 Å². The van der Waals surface area contributed by atoms with Crippen molar-refractivity contribution in [2.45, 2.75) is 34.1 Å². The lowest BCUT2D eigenvalue weighted by Crippen LogP contribution is -1.90. The zero-order valence-corrected chi connectivity index (χ0v) is 8.00. The maximum Gasteiger partial charge on any atom is 0.120 e. The summed E-state index contributed by atoms with van der Waals surface area (Å²) in [5.74, 6) is 0.970. The van der Waals surface area contributed by atoms with E-state index in [0.29, 0.717) is 24.9 Å². The number of carbonyl (C=O) groups excluding carboxylic acids is 1. The molecule has 11 heavy (non-hydrogen) atoms. The molecule has 0 radical (unpaired) electrons. The Kier molecular flexibility index (Phi) is 11.6. The molecule has 0 spiro atoms. The van der Waals surface area contributed by atoms with Crippen LogP contribution in [0.2, 0.25) is 0 Å². The van der Waals surface area contributed by atoms with Crippen LogP contribution in [0, 0.1) is 11.8 Å². The summed E-state index contributed by atoms with van der Waals surface area (Å²) in [6.07, 6.45) is 1.64. The maximum atomic E-state index is 9.62. The van der Waals surface area contributed by atoms with E-state index in [4.69, 9.17) is 5.11 Å². The van der Waals surface area contributed by atoms with Crippen LogP contribution in [0.5, 0.6) is 0 Å². The Bertz CT molecular complexity index is 77.6. The smallest absolute Gasteiger partial charge is 0.120 e. The average Bonchev–Trinajstić information content (AvgIpc) is 1.89. The molecule has 2 nitrogen and oxygen atoms in total. The molecular weight excluding hydrogens is 140 g/mol. The van der Waals surface area contributed by atoms with Crippen molar-refractivity contribution in [1.82, 2.24) is 0 Å². The summed E-state index contributed by atoms with van der Waals surface area (Å²) in [6.45, 7) is 8.29. The highest BCUT2D eigenvalue weighted by molar-refractivity contribution is 5.49. The van der Waals surface area contributed by atoms with Crippen LogP contribution in [0.25, 0.3) is 0 Å². The van der Waals surface area contributed by atoms with E-state index in [0.717, 1.165) is 6.29 Å². The summed E-state index contributed by atoms with van der Waals surface area (Å²) in [4.78, 5) is 9.62. The van der Waals surface area contributed by atoms with Gasteiger partial charge >= 0.3 is 0 Å². The van der Waals surface area contributed by atoms with E-state index in [1.54, 1.807) is 0 Å². The molecule has 0 heterocycles. The number of aliphatic hydroxyl groups excluding tert-OH is 1. The third kappa shape index (κ3) is 26.2. The summed E-state index contributed by atoms with van der Waals surface area (Å²) in [5, 5.41) is 8.14. The molecule has 2 heteroatoms. The van der Waals surface area contributed by atoms with Crippen molar-refractivity contribution in [1.29, 1.82) is 0 Å². The molecule has 0 amide bonds. The topological polar surface area (TPSA) is 37.3 Å². The van der Waals surface area contributed by atoms with Gasteiger partial charge in [-0.15, -0.1) is 0 Å². The summed E-state index contributed by atoms with van der Waals surface area (Å²) in [7, 11) is 0. The summed E-state index contributed by atoms with van der Waals surface area (Å²) < 4.78 is 0. The Morgan fingerprint density at radius 3 is 1.55 bits per heavy atom. The van der Waals surface area contributed by atoms with Gasteiger partial charge in [0.2, 0.25) is 0 Å². The second-order valence-corrected chi connectivity index (χ2v) is 3.37. The Morgan fingerprint density at radius 2 is 1.55 bits per heavy atom. The first-order valence-electron chi connectivity index (χ1n) is 4.09. The van der Waals surface area contributed by atoms with E-state index in [9.17, 15) is 4.79 Å². The van der Waals surface area contributed by atoms with Crippen LogP contribution >= 0.6 is 0 Å². The molecule has 0 aliphatic rings. The molecule has 0 aromatic rings. The minimum Gasteiger partial charge on any atom is -0.396 e. The van der Waals surface area contributed by atoms with Crippen molar-refractivity contribution in [3.05, 3.63) is 0 Å². The Balaban J connectivity index is 0. The summed E-state index contributed by atoms with van der Waals surface area (Å²) in [5.41, 5.74) is 0. The summed E-state index contributed by atoms with van der Waals surface area (Å²) in [6, 6.07) is 0. The summed E-state index contributed by atoms with van der Waals surface area (Å²) >= 11 is 0. The maximum absolute atomic E-state index is 9.62. The Labute approximate surface area is 69.6 Å². The number of aldehydes is 1. The molecule has 0 aromatic carbocycles. The third-order valence-corrected chi connectivity index (χ3v) is 0.933. The highest BCUT2D eigenvalue weighted by Gasteiger charge is 1.85. The van der Waals surface area contributed by atoms with Crippen molar-refractivity contribution in [2.24, 2.45) is 11.8 Å². The van der Waals surface area contributed by atoms with Gasteiger partial charge in [-0.05, 0) is 11.8 Å². The van der Waals surface area contributed by atoms with Crippen LogP contribution < -0.4 is 0 Å². The SMILES string of the molecule is CC(C)CC=O.CC(C)CO. The number of hydrogen-bond acceptors (Lipinski definition) is 2. The van der Waals surface area contributed by atoms with Gasteiger partial charge < -0.3 is 9.90 Å². The predicted octanol–water partition coefficient (Wildman–Crippen LogP) is 1.87. The normalized spacial score (nSPS) is 9.36. The lowest BCUT2D eigenvalue weighted by atomic mass is 10.2. The molecule has 0 aliphatic carbocycles. The second-order valence-electron chi connectivity index (χ2n) is 3.37. The van der Waals surface area contributed by atoms with Crippen LogP contribution in [0.15, 0.2) is 0 Å².